The summed E-state index contributed by atoms with van der Waals surface area (Å²) in [6.07, 6.45) is 2.26. The van der Waals surface area contributed by atoms with Crippen molar-refractivity contribution < 1.29 is 13.2 Å². The van der Waals surface area contributed by atoms with Crippen molar-refractivity contribution in [2.75, 3.05) is 11.3 Å². The molecule has 1 aliphatic carbocycles. The molecule has 0 aliphatic heterocycles. The number of fused-ring (bicyclic) bond motifs is 1. The SMILES string of the molecule is Cc1c(S(=O)(=O)Nc2ccccc2C(=O)NCC2CC2)sc2ccc(Cl)cc12. The van der Waals surface area contributed by atoms with E-state index in [9.17, 15) is 13.2 Å². The number of benzene rings is 2. The largest absolute Gasteiger partial charge is 0.352 e. The van der Waals surface area contributed by atoms with Crippen molar-refractivity contribution >= 4 is 54.6 Å². The smallest absolute Gasteiger partial charge is 0.271 e. The van der Waals surface area contributed by atoms with Crippen molar-refractivity contribution in [1.29, 1.82) is 0 Å². The molecule has 1 aliphatic rings. The molecule has 28 heavy (non-hydrogen) atoms. The van der Waals surface area contributed by atoms with E-state index in [4.69, 9.17) is 11.6 Å². The molecule has 1 fully saturated rings. The van der Waals surface area contributed by atoms with Crippen LogP contribution in [0.15, 0.2) is 46.7 Å². The monoisotopic (exact) mass is 434 g/mol. The second kappa shape index (κ2) is 7.39. The molecule has 0 bridgehead atoms. The number of halogens is 1. The van der Waals surface area contributed by atoms with Crippen LogP contribution in [0.25, 0.3) is 10.1 Å². The molecule has 3 aromatic rings. The van der Waals surface area contributed by atoms with E-state index in [1.165, 1.54) is 11.3 Å². The van der Waals surface area contributed by atoms with Gasteiger partial charge in [0.05, 0.1) is 11.3 Å². The van der Waals surface area contributed by atoms with Crippen molar-refractivity contribution in [3.63, 3.8) is 0 Å². The topological polar surface area (TPSA) is 75.3 Å². The zero-order valence-electron chi connectivity index (χ0n) is 15.2. The lowest BCUT2D eigenvalue weighted by molar-refractivity contribution is 0.0952. The van der Waals surface area contributed by atoms with Gasteiger partial charge in [-0.25, -0.2) is 8.42 Å². The van der Waals surface area contributed by atoms with Gasteiger partial charge < -0.3 is 5.32 Å². The zero-order chi connectivity index (χ0) is 19.9. The van der Waals surface area contributed by atoms with Gasteiger partial charge >= 0.3 is 0 Å². The number of hydrogen-bond acceptors (Lipinski definition) is 4. The van der Waals surface area contributed by atoms with E-state index >= 15 is 0 Å². The summed E-state index contributed by atoms with van der Waals surface area (Å²) in [6.45, 7) is 2.38. The third-order valence-corrected chi connectivity index (χ3v) is 8.26. The van der Waals surface area contributed by atoms with Gasteiger partial charge in [-0.3, -0.25) is 9.52 Å². The number of carbonyl (C=O) groups excluding carboxylic acids is 1. The highest BCUT2D eigenvalue weighted by Gasteiger charge is 2.25. The van der Waals surface area contributed by atoms with Crippen molar-refractivity contribution in [1.82, 2.24) is 5.32 Å². The molecule has 0 atom stereocenters. The Bertz CT molecular complexity index is 1170. The van der Waals surface area contributed by atoms with E-state index in [-0.39, 0.29) is 15.8 Å². The van der Waals surface area contributed by atoms with Gasteiger partial charge in [0, 0.05) is 16.3 Å². The minimum Gasteiger partial charge on any atom is -0.352 e. The fraction of sp³-hybridized carbons (Fsp3) is 0.250. The number of amides is 1. The standard InChI is InChI=1S/C20H19ClN2O3S2/c1-12-16-10-14(21)8-9-18(16)27-20(12)28(25,26)23-17-5-3-2-4-15(17)19(24)22-11-13-6-7-13/h2-5,8-10,13,23H,6-7,11H2,1H3,(H,22,24). The highest BCUT2D eigenvalue weighted by atomic mass is 35.5. The Balaban J connectivity index is 1.65. The van der Waals surface area contributed by atoms with E-state index < -0.39 is 10.0 Å². The lowest BCUT2D eigenvalue weighted by Gasteiger charge is -2.12. The number of anilines is 1. The van der Waals surface area contributed by atoms with Gasteiger partial charge in [-0.1, -0.05) is 23.7 Å². The van der Waals surface area contributed by atoms with Crippen molar-refractivity contribution in [3.8, 4) is 0 Å². The number of sulfonamides is 1. The molecule has 4 rings (SSSR count). The molecule has 8 heteroatoms. The molecule has 0 radical (unpaired) electrons. The summed E-state index contributed by atoms with van der Waals surface area (Å²) in [5, 5.41) is 4.25. The maximum absolute atomic E-state index is 13.1. The van der Waals surface area contributed by atoms with Crippen LogP contribution in [0.1, 0.15) is 28.8 Å². The van der Waals surface area contributed by atoms with Gasteiger partial charge in [0.1, 0.15) is 4.21 Å². The Labute approximate surface area is 172 Å². The highest BCUT2D eigenvalue weighted by Crippen LogP contribution is 2.36. The van der Waals surface area contributed by atoms with E-state index in [1.54, 1.807) is 43.3 Å². The van der Waals surface area contributed by atoms with Crippen LogP contribution in [0.3, 0.4) is 0 Å². The van der Waals surface area contributed by atoms with Gasteiger partial charge in [0.25, 0.3) is 15.9 Å². The number of para-hydroxylation sites is 1. The third kappa shape index (κ3) is 3.87. The van der Waals surface area contributed by atoms with Gasteiger partial charge in [0.2, 0.25) is 0 Å². The van der Waals surface area contributed by atoms with Crippen molar-refractivity contribution in [2.45, 2.75) is 24.0 Å². The lowest BCUT2D eigenvalue weighted by atomic mass is 10.1. The Morgan fingerprint density at radius 1 is 1.21 bits per heavy atom. The lowest BCUT2D eigenvalue weighted by Crippen LogP contribution is -2.27. The normalized spacial score (nSPS) is 14.2. The Kier molecular flexibility index (Phi) is 5.07. The molecular weight excluding hydrogens is 416 g/mol. The molecule has 1 aromatic heterocycles. The van der Waals surface area contributed by atoms with E-state index in [2.05, 4.69) is 10.0 Å². The molecular formula is C20H19ClN2O3S2. The first-order valence-corrected chi connectivity index (χ1v) is 11.6. The highest BCUT2D eigenvalue weighted by molar-refractivity contribution is 7.95. The summed E-state index contributed by atoms with van der Waals surface area (Å²) in [5.41, 5.74) is 1.23. The summed E-state index contributed by atoms with van der Waals surface area (Å²) < 4.78 is 29.8. The van der Waals surface area contributed by atoms with E-state index in [0.717, 1.165) is 22.9 Å². The molecule has 146 valence electrons. The summed E-state index contributed by atoms with van der Waals surface area (Å²) in [4.78, 5) is 12.5. The number of carbonyl (C=O) groups is 1. The molecule has 2 aromatic carbocycles. The van der Waals surface area contributed by atoms with E-state index in [1.807, 2.05) is 6.07 Å². The van der Waals surface area contributed by atoms with Crippen LogP contribution in [0.4, 0.5) is 5.69 Å². The summed E-state index contributed by atoms with van der Waals surface area (Å²) in [7, 11) is -3.85. The molecule has 1 amide bonds. The van der Waals surface area contributed by atoms with Gasteiger partial charge in [-0.05, 0) is 67.0 Å². The molecule has 0 unspecified atom stereocenters. The number of thiophene rings is 1. The molecule has 0 spiro atoms. The third-order valence-electron chi connectivity index (χ3n) is 4.76. The van der Waals surface area contributed by atoms with Crippen LogP contribution in [0.5, 0.6) is 0 Å². The predicted octanol–water partition coefficient (Wildman–Crippen LogP) is 4.80. The maximum Gasteiger partial charge on any atom is 0.271 e. The van der Waals surface area contributed by atoms with Gasteiger partial charge in [0.15, 0.2) is 0 Å². The average molecular weight is 435 g/mol. The van der Waals surface area contributed by atoms with Crippen LogP contribution < -0.4 is 10.0 Å². The van der Waals surface area contributed by atoms with Crippen LogP contribution in [-0.2, 0) is 10.0 Å². The predicted molar refractivity (Wildman–Crippen MR) is 114 cm³/mol. The van der Waals surface area contributed by atoms with Crippen LogP contribution in [0.2, 0.25) is 5.02 Å². The first-order chi connectivity index (χ1) is 13.3. The minimum atomic E-state index is -3.85. The van der Waals surface area contributed by atoms with Gasteiger partial charge in [-0.15, -0.1) is 11.3 Å². The van der Waals surface area contributed by atoms with Crippen molar-refractivity contribution in [2.24, 2.45) is 5.92 Å². The first-order valence-electron chi connectivity index (χ1n) is 8.94. The Hall–Kier alpha value is -2.09. The van der Waals surface area contributed by atoms with Crippen LogP contribution >= 0.6 is 22.9 Å². The number of aryl methyl sites for hydroxylation is 1. The van der Waals surface area contributed by atoms with Crippen LogP contribution in [-0.4, -0.2) is 20.9 Å². The summed E-state index contributed by atoms with van der Waals surface area (Å²) >= 11 is 7.24. The summed E-state index contributed by atoms with van der Waals surface area (Å²) in [6, 6.07) is 12.0. The van der Waals surface area contributed by atoms with Crippen molar-refractivity contribution in [3.05, 3.63) is 58.6 Å². The zero-order valence-corrected chi connectivity index (χ0v) is 17.5. The second-order valence-corrected chi connectivity index (χ2v) is 10.3. The average Bonchev–Trinajstić information content (AvgIpc) is 3.43. The molecule has 1 heterocycles. The minimum absolute atomic E-state index is 0.220. The molecule has 1 saturated carbocycles. The number of hydrogen-bond donors (Lipinski definition) is 2. The molecule has 0 saturated heterocycles. The van der Waals surface area contributed by atoms with Gasteiger partial charge in [-0.2, -0.15) is 0 Å². The number of rotatable bonds is 6. The maximum atomic E-state index is 13.1. The Morgan fingerprint density at radius 2 is 1.96 bits per heavy atom. The molecule has 2 N–H and O–H groups in total. The van der Waals surface area contributed by atoms with Crippen LogP contribution in [0, 0.1) is 12.8 Å². The quantitative estimate of drug-likeness (QED) is 0.584. The fourth-order valence-corrected chi connectivity index (χ4v) is 6.04. The second-order valence-electron chi connectivity index (χ2n) is 6.96. The molecule has 5 nitrogen and oxygen atoms in total. The summed E-state index contributed by atoms with van der Waals surface area (Å²) in [5.74, 6) is 0.269. The Morgan fingerprint density at radius 3 is 2.71 bits per heavy atom. The number of nitrogens with one attached hydrogen (secondary N) is 2. The van der Waals surface area contributed by atoms with E-state index in [0.29, 0.717) is 28.6 Å². The first kappa shape index (κ1) is 19.2. The fourth-order valence-electron chi connectivity index (χ4n) is 3.04.